The molecule has 2 rings (SSSR count). The smallest absolute Gasteiger partial charge is 0.303 e. The number of amides is 1. The van der Waals surface area contributed by atoms with Crippen LogP contribution in [0.5, 0.6) is 0 Å². The van der Waals surface area contributed by atoms with Gasteiger partial charge in [0.1, 0.15) is 0 Å². The van der Waals surface area contributed by atoms with Crippen molar-refractivity contribution in [2.75, 3.05) is 0 Å². The first-order chi connectivity index (χ1) is 9.56. The minimum Gasteiger partial charge on any atom is -0.481 e. The molecule has 20 heavy (non-hydrogen) atoms. The summed E-state index contributed by atoms with van der Waals surface area (Å²) in [5, 5.41) is 11.5. The van der Waals surface area contributed by atoms with Crippen LogP contribution in [-0.2, 0) is 4.79 Å². The van der Waals surface area contributed by atoms with E-state index in [4.69, 9.17) is 10.8 Å². The fraction of sp³-hybridized carbons (Fsp3) is 0.308. The Hall–Kier alpha value is -1.99. The molecule has 0 radical (unpaired) electrons. The fourth-order valence-electron chi connectivity index (χ4n) is 1.74. The van der Waals surface area contributed by atoms with Crippen LogP contribution >= 0.6 is 11.3 Å². The van der Waals surface area contributed by atoms with E-state index >= 15 is 0 Å². The Morgan fingerprint density at radius 1 is 1.40 bits per heavy atom. The zero-order valence-electron chi connectivity index (χ0n) is 10.7. The number of benzene rings is 1. The third-order valence-corrected chi connectivity index (χ3v) is 3.75. The summed E-state index contributed by atoms with van der Waals surface area (Å²) in [6, 6.07) is 7.49. The van der Waals surface area contributed by atoms with Gasteiger partial charge in [-0.15, -0.1) is 11.3 Å². The quantitative estimate of drug-likeness (QED) is 0.701. The van der Waals surface area contributed by atoms with E-state index in [0.29, 0.717) is 17.8 Å². The van der Waals surface area contributed by atoms with Crippen LogP contribution in [0.1, 0.15) is 29.1 Å². The molecule has 1 unspecified atom stereocenters. The lowest BCUT2D eigenvalue weighted by Crippen LogP contribution is -2.41. The molecule has 106 valence electrons. The number of hydrogen-bond acceptors (Lipinski definition) is 5. The molecule has 7 heteroatoms. The van der Waals surface area contributed by atoms with E-state index in [1.54, 1.807) is 0 Å². The number of nitrogens with zero attached hydrogens (tertiary/aromatic N) is 1. The normalized spacial score (nSPS) is 12.2. The molecular formula is C13H15N3O3S. The predicted octanol–water partition coefficient (Wildman–Crippen LogP) is 1.57. The SMILES string of the molecule is NC(CCCC(=O)O)NC(=O)c1nc2ccccc2s1. The average molecular weight is 293 g/mol. The van der Waals surface area contributed by atoms with Gasteiger partial charge in [0.25, 0.3) is 5.91 Å². The highest BCUT2D eigenvalue weighted by atomic mass is 32.1. The molecule has 0 fully saturated rings. The van der Waals surface area contributed by atoms with Crippen molar-refractivity contribution in [3.05, 3.63) is 29.3 Å². The summed E-state index contributed by atoms with van der Waals surface area (Å²) in [5.41, 5.74) is 6.52. The zero-order chi connectivity index (χ0) is 14.5. The standard InChI is InChI=1S/C13H15N3O3S/c14-10(6-3-7-11(17)18)16-12(19)13-15-8-4-1-2-5-9(8)20-13/h1-2,4-5,10H,3,6-7,14H2,(H,16,19)(H,17,18). The van der Waals surface area contributed by atoms with Crippen molar-refractivity contribution >= 4 is 33.4 Å². The van der Waals surface area contributed by atoms with E-state index in [0.717, 1.165) is 10.2 Å². The van der Waals surface area contributed by atoms with Gasteiger partial charge in [0.2, 0.25) is 0 Å². The second kappa shape index (κ2) is 6.44. The molecule has 0 saturated carbocycles. The Kier molecular flexibility index (Phi) is 4.65. The summed E-state index contributed by atoms with van der Waals surface area (Å²) in [7, 11) is 0. The molecule has 0 bridgehead atoms. The van der Waals surface area contributed by atoms with Gasteiger partial charge in [0, 0.05) is 6.42 Å². The maximum absolute atomic E-state index is 12.0. The predicted molar refractivity (Wildman–Crippen MR) is 76.5 cm³/mol. The molecule has 0 aliphatic carbocycles. The number of carbonyl (C=O) groups excluding carboxylic acids is 1. The van der Waals surface area contributed by atoms with Gasteiger partial charge in [0.05, 0.1) is 16.4 Å². The molecule has 1 amide bonds. The number of nitrogens with one attached hydrogen (secondary N) is 1. The summed E-state index contributed by atoms with van der Waals surface area (Å²) < 4.78 is 0.942. The van der Waals surface area contributed by atoms with E-state index in [9.17, 15) is 9.59 Å². The first-order valence-corrected chi connectivity index (χ1v) is 7.01. The fourth-order valence-corrected chi connectivity index (χ4v) is 2.61. The average Bonchev–Trinajstić information content (AvgIpc) is 2.82. The lowest BCUT2D eigenvalue weighted by Gasteiger charge is -2.11. The number of rotatable bonds is 6. The van der Waals surface area contributed by atoms with Gasteiger partial charge in [-0.3, -0.25) is 9.59 Å². The summed E-state index contributed by atoms with van der Waals surface area (Å²) >= 11 is 1.30. The second-order valence-electron chi connectivity index (χ2n) is 4.35. The largest absolute Gasteiger partial charge is 0.481 e. The number of thiazole rings is 1. The van der Waals surface area contributed by atoms with Crippen LogP contribution in [0.15, 0.2) is 24.3 Å². The number of carboxylic acids is 1. The molecule has 1 aromatic heterocycles. The summed E-state index contributed by atoms with van der Waals surface area (Å²) in [6.45, 7) is 0. The van der Waals surface area contributed by atoms with Crippen LogP contribution in [0.2, 0.25) is 0 Å². The summed E-state index contributed by atoms with van der Waals surface area (Å²) in [4.78, 5) is 26.6. The molecule has 1 atom stereocenters. The second-order valence-corrected chi connectivity index (χ2v) is 5.38. The third-order valence-electron chi connectivity index (χ3n) is 2.71. The Balaban J connectivity index is 1.92. The maximum atomic E-state index is 12.0. The Bertz CT molecular complexity index is 593. The van der Waals surface area contributed by atoms with Crippen LogP contribution in [0.4, 0.5) is 0 Å². The van der Waals surface area contributed by atoms with E-state index in [2.05, 4.69) is 10.3 Å². The molecule has 0 aliphatic rings. The van der Waals surface area contributed by atoms with E-state index in [1.807, 2.05) is 24.3 Å². The van der Waals surface area contributed by atoms with E-state index in [1.165, 1.54) is 11.3 Å². The van der Waals surface area contributed by atoms with Crippen molar-refractivity contribution in [2.45, 2.75) is 25.4 Å². The summed E-state index contributed by atoms with van der Waals surface area (Å²) in [5.74, 6) is -1.19. The highest BCUT2D eigenvalue weighted by molar-refractivity contribution is 7.20. The van der Waals surface area contributed by atoms with Crippen molar-refractivity contribution < 1.29 is 14.7 Å². The molecule has 0 spiro atoms. The van der Waals surface area contributed by atoms with Gasteiger partial charge in [-0.2, -0.15) is 0 Å². The van der Waals surface area contributed by atoms with Gasteiger partial charge >= 0.3 is 5.97 Å². The lowest BCUT2D eigenvalue weighted by molar-refractivity contribution is -0.137. The van der Waals surface area contributed by atoms with Crippen molar-refractivity contribution in [3.63, 3.8) is 0 Å². The number of carboxylic acid groups (broad SMARTS) is 1. The number of aliphatic carboxylic acids is 1. The topological polar surface area (TPSA) is 105 Å². The number of para-hydroxylation sites is 1. The van der Waals surface area contributed by atoms with Crippen LogP contribution in [0.3, 0.4) is 0 Å². The molecular weight excluding hydrogens is 278 g/mol. The van der Waals surface area contributed by atoms with Crippen molar-refractivity contribution in [1.82, 2.24) is 10.3 Å². The zero-order valence-corrected chi connectivity index (χ0v) is 11.5. The molecule has 0 saturated heterocycles. The highest BCUT2D eigenvalue weighted by Crippen LogP contribution is 2.21. The molecule has 2 aromatic rings. The highest BCUT2D eigenvalue weighted by Gasteiger charge is 2.14. The van der Waals surface area contributed by atoms with Gasteiger partial charge in [-0.05, 0) is 25.0 Å². The molecule has 1 heterocycles. The van der Waals surface area contributed by atoms with E-state index in [-0.39, 0.29) is 12.3 Å². The number of aromatic nitrogens is 1. The van der Waals surface area contributed by atoms with Crippen LogP contribution in [0, 0.1) is 0 Å². The number of carbonyl (C=O) groups is 2. The minimum absolute atomic E-state index is 0.0463. The Morgan fingerprint density at radius 2 is 2.15 bits per heavy atom. The third kappa shape index (κ3) is 3.75. The Labute approximate surface area is 119 Å². The Morgan fingerprint density at radius 3 is 2.85 bits per heavy atom. The maximum Gasteiger partial charge on any atom is 0.303 e. The van der Waals surface area contributed by atoms with Crippen molar-refractivity contribution in [2.24, 2.45) is 5.73 Å². The van der Waals surface area contributed by atoms with Crippen LogP contribution in [-0.4, -0.2) is 28.1 Å². The number of nitrogens with two attached hydrogens (primary N) is 1. The van der Waals surface area contributed by atoms with Crippen LogP contribution in [0.25, 0.3) is 10.2 Å². The van der Waals surface area contributed by atoms with Gasteiger partial charge < -0.3 is 16.2 Å². The van der Waals surface area contributed by atoms with Gasteiger partial charge in [0.15, 0.2) is 5.01 Å². The number of fused-ring (bicyclic) bond motifs is 1. The first-order valence-electron chi connectivity index (χ1n) is 6.20. The number of hydrogen-bond donors (Lipinski definition) is 3. The monoisotopic (exact) mass is 293 g/mol. The summed E-state index contributed by atoms with van der Waals surface area (Å²) in [6.07, 6.45) is 0.332. The molecule has 6 nitrogen and oxygen atoms in total. The van der Waals surface area contributed by atoms with Gasteiger partial charge in [-0.1, -0.05) is 12.1 Å². The first kappa shape index (κ1) is 14.4. The van der Waals surface area contributed by atoms with Crippen LogP contribution < -0.4 is 11.1 Å². The molecule has 0 aliphatic heterocycles. The molecule has 1 aromatic carbocycles. The van der Waals surface area contributed by atoms with Crippen molar-refractivity contribution in [3.8, 4) is 0 Å². The van der Waals surface area contributed by atoms with E-state index < -0.39 is 12.1 Å². The van der Waals surface area contributed by atoms with Gasteiger partial charge in [-0.25, -0.2) is 4.98 Å². The lowest BCUT2D eigenvalue weighted by atomic mass is 10.2. The van der Waals surface area contributed by atoms with Crippen molar-refractivity contribution in [1.29, 1.82) is 0 Å². The minimum atomic E-state index is -0.866. The molecule has 4 N–H and O–H groups in total.